The van der Waals surface area contributed by atoms with E-state index in [1.807, 2.05) is 0 Å². The van der Waals surface area contributed by atoms with Gasteiger partial charge in [0.05, 0.1) is 0 Å². The molecule has 0 aromatic rings. The molecule has 0 radical (unpaired) electrons. The minimum Gasteiger partial charge on any atom is -0.481 e. The van der Waals surface area contributed by atoms with Crippen molar-refractivity contribution in [2.24, 2.45) is 28.7 Å². The van der Waals surface area contributed by atoms with Gasteiger partial charge >= 0.3 is 23.9 Å². The molecule has 16 atom stereocenters. The molecule has 0 saturated heterocycles. The van der Waals surface area contributed by atoms with E-state index in [1.165, 1.54) is 34.6 Å². The normalized spacial score (nSPS) is 15.1. The smallest absolute Gasteiger partial charge is 0.303 e. The second-order valence-electron chi connectivity index (χ2n) is 27.8. The molecule has 47 heteroatoms. The number of aliphatic carboxylic acids is 4. The van der Waals surface area contributed by atoms with Crippen LogP contribution in [-0.4, -0.2) is 273 Å². The van der Waals surface area contributed by atoms with Crippen molar-refractivity contribution in [2.75, 3.05) is 31.9 Å². The van der Waals surface area contributed by atoms with Crippen LogP contribution in [0.3, 0.4) is 0 Å². The van der Waals surface area contributed by atoms with Crippen molar-refractivity contribution >= 4 is 137 Å². The van der Waals surface area contributed by atoms with Crippen molar-refractivity contribution in [1.29, 1.82) is 0 Å². The van der Waals surface area contributed by atoms with E-state index in [9.17, 15) is 121 Å². The number of hydrogen-bond acceptors (Lipinski definition) is 26. The average molecular weight is 1690 g/mol. The fourth-order valence-corrected chi connectivity index (χ4v) is 10.9. The van der Waals surface area contributed by atoms with Gasteiger partial charge in [0, 0.05) is 38.4 Å². The Balaban J connectivity index is 6.63. The van der Waals surface area contributed by atoms with Crippen LogP contribution in [0.4, 0.5) is 0 Å². The summed E-state index contributed by atoms with van der Waals surface area (Å²) in [5.41, 5.74) is 28.1. The van der Waals surface area contributed by atoms with E-state index in [0.29, 0.717) is 32.1 Å². The Bertz CT molecular complexity index is 3410. The number of carbonyl (C=O) groups excluding carboxylic acids is 17. The first kappa shape index (κ1) is 106. The highest BCUT2D eigenvalue weighted by Crippen LogP contribution is 2.12. The number of amides is 17. The highest BCUT2D eigenvalue weighted by atomic mass is 32.1. The summed E-state index contributed by atoms with van der Waals surface area (Å²) in [5.74, 6) is -22.6. The summed E-state index contributed by atoms with van der Waals surface area (Å²) >= 11 is 4.16. The molecule has 0 saturated carbocycles. The lowest BCUT2D eigenvalue weighted by Crippen LogP contribution is -2.60. The zero-order valence-corrected chi connectivity index (χ0v) is 68.0. The molecule has 662 valence electrons. The maximum absolute atomic E-state index is 14.3. The highest BCUT2D eigenvalue weighted by Gasteiger charge is 2.37. The van der Waals surface area contributed by atoms with Crippen molar-refractivity contribution < 1.29 is 121 Å². The minimum absolute atomic E-state index is 0.0774. The Kier molecular flexibility index (Phi) is 51.8. The highest BCUT2D eigenvalue weighted by molar-refractivity contribution is 7.80. The van der Waals surface area contributed by atoms with Gasteiger partial charge in [-0.15, -0.1) is 0 Å². The first-order valence-corrected chi connectivity index (χ1v) is 38.9. The van der Waals surface area contributed by atoms with Crippen LogP contribution in [0.1, 0.15) is 184 Å². The lowest BCUT2D eigenvalue weighted by molar-refractivity contribution is -0.140. The summed E-state index contributed by atoms with van der Waals surface area (Å²) in [6.07, 6.45) is -3.02. The molecule has 17 amide bonds. The van der Waals surface area contributed by atoms with Gasteiger partial charge in [0.1, 0.15) is 96.7 Å². The third-order valence-electron chi connectivity index (χ3n) is 17.6. The largest absolute Gasteiger partial charge is 0.481 e. The molecule has 0 rings (SSSR count). The molecule has 0 bridgehead atoms. The van der Waals surface area contributed by atoms with E-state index < -0.39 is 272 Å². The van der Waals surface area contributed by atoms with Crippen molar-refractivity contribution in [3.05, 3.63) is 0 Å². The van der Waals surface area contributed by atoms with Crippen LogP contribution < -0.4 is 114 Å². The standard InChI is InChI=1S/C70H121N21O25S/c1-34(55(75)101)77-62(108)42(17-9-13-29-71)88-70(116)50(33-117)91-61(107)40(7)82-66(112)47(22-26-52(95)96)89-68(114)45(20-12-16-32-74)84-59(105)38(5)80-63(109)43(18-10-14-30-72)87-67(113)44(19-11-15-31-73)83-58(104)37(4)78-56(102)36(3)79-65(111)48(23-27-53(97)98)90-69(115)49(24-28-54(99)100)86-60(106)39(6)81-64(110)46(21-25-51(93)94)85-57(103)35(2)76-41(8)92/h34-40,42-50,117H,9-33,71-74H2,1-8H3,(H2,75,101)(H,76,92)(H,77,108)(H,78,102)(H,79,111)(H,80,109)(H,81,110)(H,82,112)(H,83,104)(H,84,105)(H,85,103)(H,86,106)(H,87,113)(H,88,116)(H,89,114)(H,90,115)(H,91,107)(H,93,94)(H,95,96)(H,97,98)(H,99,100)/t34-,35-,36-,37-,38-,39-,40-,42-,43-,44-,45-,46-,47-,48-,49-,50-/m0/s1. The number of rotatable bonds is 61. The van der Waals surface area contributed by atoms with E-state index >= 15 is 0 Å². The fraction of sp³-hybridized carbons (Fsp3) is 0.700. The zero-order valence-electron chi connectivity index (χ0n) is 67.1. The Morgan fingerprint density at radius 1 is 0.239 bits per heavy atom. The number of hydrogen-bond donors (Lipinski definition) is 26. The van der Waals surface area contributed by atoms with Gasteiger partial charge in [0.15, 0.2) is 0 Å². The molecular formula is C70H121N21O25S. The second kappa shape index (κ2) is 57.2. The number of thiol groups is 1. The van der Waals surface area contributed by atoms with Crippen LogP contribution in [0.25, 0.3) is 0 Å². The average Bonchev–Trinajstić information content (AvgIpc) is 0.866. The maximum Gasteiger partial charge on any atom is 0.303 e. The number of carboxylic acids is 4. The summed E-state index contributed by atoms with van der Waals surface area (Å²) < 4.78 is 0. The van der Waals surface area contributed by atoms with Crippen molar-refractivity contribution in [3.8, 4) is 0 Å². The summed E-state index contributed by atoms with van der Waals surface area (Å²) in [4.78, 5) is 275. The predicted molar refractivity (Wildman–Crippen MR) is 418 cm³/mol. The first-order valence-electron chi connectivity index (χ1n) is 38.3. The van der Waals surface area contributed by atoms with Crippen LogP contribution in [0.2, 0.25) is 0 Å². The van der Waals surface area contributed by atoms with Crippen LogP contribution in [0.5, 0.6) is 0 Å². The molecule has 0 aliphatic carbocycles. The van der Waals surface area contributed by atoms with Gasteiger partial charge < -0.3 is 134 Å². The second-order valence-corrected chi connectivity index (χ2v) is 28.2. The SMILES string of the molecule is CC(=O)N[C@@H](C)C(=O)N[C@@H](CCC(=O)O)C(=O)N[C@@H](C)C(=O)N[C@@H](CCC(=O)O)C(=O)N[C@@H](CCC(=O)O)C(=O)N[C@@H](C)C(=O)N[C@@H](C)C(=O)N[C@@H](CCCCN)C(=O)N[C@@H](CCCCN)C(=O)N[C@@H](C)C(=O)N[C@@H](CCCCN)C(=O)N[C@@H](CCC(=O)O)C(=O)N[C@@H](C)C(=O)N[C@@H](CS)C(=O)N[C@@H](CCCCN)C(=O)N[C@@H](C)C(N)=O. The van der Waals surface area contributed by atoms with Crippen molar-refractivity contribution in [3.63, 3.8) is 0 Å². The summed E-state index contributed by atoms with van der Waals surface area (Å²) in [6.45, 7) is 10.3. The Morgan fingerprint density at radius 2 is 0.402 bits per heavy atom. The maximum atomic E-state index is 14.3. The van der Waals surface area contributed by atoms with Crippen LogP contribution in [0, 0.1) is 0 Å². The number of carbonyl (C=O) groups is 21. The van der Waals surface area contributed by atoms with Gasteiger partial charge in [-0.1, -0.05) is 0 Å². The molecule has 0 unspecified atom stereocenters. The van der Waals surface area contributed by atoms with Crippen molar-refractivity contribution in [2.45, 2.75) is 280 Å². The van der Waals surface area contributed by atoms with Gasteiger partial charge in [-0.05, 0) is 177 Å². The molecule has 0 aromatic carbocycles. The molecule has 0 aromatic heterocycles. The van der Waals surface area contributed by atoms with E-state index in [-0.39, 0.29) is 76.9 Å². The molecule has 0 aliphatic rings. The van der Waals surface area contributed by atoms with E-state index in [4.69, 9.17) is 28.7 Å². The minimum atomic E-state index is -1.82. The van der Waals surface area contributed by atoms with E-state index in [1.54, 1.807) is 0 Å². The lowest BCUT2D eigenvalue weighted by atomic mass is 10.0. The molecule has 0 aliphatic heterocycles. The molecule has 46 nitrogen and oxygen atoms in total. The monoisotopic (exact) mass is 1690 g/mol. The van der Waals surface area contributed by atoms with Gasteiger partial charge in [-0.3, -0.25) is 101 Å². The number of nitrogens with one attached hydrogen (secondary N) is 16. The zero-order chi connectivity index (χ0) is 89.4. The number of unbranched alkanes of at least 4 members (excludes halogenated alkanes) is 4. The third-order valence-corrected chi connectivity index (χ3v) is 18.0. The van der Waals surface area contributed by atoms with Gasteiger partial charge in [-0.25, -0.2) is 0 Å². The van der Waals surface area contributed by atoms with Gasteiger partial charge in [0.2, 0.25) is 100 Å². The molecule has 0 heterocycles. The van der Waals surface area contributed by atoms with Gasteiger partial charge in [-0.2, -0.15) is 12.6 Å². The number of nitrogens with two attached hydrogens (primary N) is 5. The van der Waals surface area contributed by atoms with Crippen LogP contribution >= 0.6 is 12.6 Å². The quantitative estimate of drug-likeness (QED) is 0.0199. The van der Waals surface area contributed by atoms with Crippen LogP contribution in [-0.2, 0) is 101 Å². The van der Waals surface area contributed by atoms with E-state index in [2.05, 4.69) is 97.7 Å². The Morgan fingerprint density at radius 3 is 0.598 bits per heavy atom. The molecule has 0 fully saturated rings. The van der Waals surface area contributed by atoms with Crippen molar-refractivity contribution in [1.82, 2.24) is 85.1 Å². The lowest BCUT2D eigenvalue weighted by Gasteiger charge is -2.27. The molecule has 30 N–H and O–H groups in total. The predicted octanol–water partition coefficient (Wildman–Crippen LogP) is -8.71. The Labute approximate surface area is 681 Å². The summed E-state index contributed by atoms with van der Waals surface area (Å²) in [5, 5.41) is 76.0. The third kappa shape index (κ3) is 44.1. The van der Waals surface area contributed by atoms with Crippen LogP contribution in [0.15, 0.2) is 0 Å². The summed E-state index contributed by atoms with van der Waals surface area (Å²) in [6, 6.07) is -23.8. The molecule has 117 heavy (non-hydrogen) atoms. The first-order chi connectivity index (χ1) is 54.9. The number of primary amides is 1. The Hall–Kier alpha value is -10.9. The molecular weight excluding hydrogens is 1570 g/mol. The molecule has 0 spiro atoms. The topological polar surface area (TPSA) is 762 Å². The number of carboxylic acid groups (broad SMARTS) is 4. The fourth-order valence-electron chi connectivity index (χ4n) is 10.6. The summed E-state index contributed by atoms with van der Waals surface area (Å²) in [7, 11) is 0. The van der Waals surface area contributed by atoms with E-state index in [0.717, 1.165) is 20.8 Å². The van der Waals surface area contributed by atoms with Gasteiger partial charge in [0.25, 0.3) is 0 Å².